The number of anilines is 3. The van der Waals surface area contributed by atoms with Crippen LogP contribution in [0.4, 0.5) is 17.1 Å². The van der Waals surface area contributed by atoms with E-state index in [1.54, 1.807) is 0 Å². The number of para-hydroxylation sites is 2. The zero-order valence-corrected chi connectivity index (χ0v) is 33.5. The van der Waals surface area contributed by atoms with Crippen LogP contribution in [0, 0.1) is 41.5 Å². The summed E-state index contributed by atoms with van der Waals surface area (Å²) >= 11 is 0. The summed E-state index contributed by atoms with van der Waals surface area (Å²) in [6, 6.07) is 26.6. The number of benzene rings is 4. The maximum absolute atomic E-state index is 2.48. The molecule has 0 N–H and O–H groups in total. The summed E-state index contributed by atoms with van der Waals surface area (Å²) in [5, 5.41) is 0. The van der Waals surface area contributed by atoms with Gasteiger partial charge in [-0.15, -0.1) is 0 Å². The van der Waals surface area contributed by atoms with Gasteiger partial charge in [0.25, 0.3) is 0 Å². The fraction of sp³-hybridized carbons (Fsp3) is 0.320. The molecule has 0 fully saturated rings. The summed E-state index contributed by atoms with van der Waals surface area (Å²) < 4.78 is 0. The molecule has 0 bridgehead atoms. The fourth-order valence-corrected chi connectivity index (χ4v) is 9.63. The van der Waals surface area contributed by atoms with Crippen LogP contribution in [0.1, 0.15) is 97.5 Å². The highest BCUT2D eigenvalue weighted by atomic mass is 15.2. The first-order chi connectivity index (χ1) is 24.7. The summed E-state index contributed by atoms with van der Waals surface area (Å²) in [6.07, 6.45) is 11.7. The maximum atomic E-state index is 2.48. The van der Waals surface area contributed by atoms with Gasteiger partial charge < -0.3 is 9.80 Å². The van der Waals surface area contributed by atoms with Crippen molar-refractivity contribution >= 4 is 22.6 Å². The Labute approximate surface area is 313 Å². The van der Waals surface area contributed by atoms with Gasteiger partial charge in [0.1, 0.15) is 0 Å². The van der Waals surface area contributed by atoms with Crippen molar-refractivity contribution in [3.8, 4) is 0 Å². The quantitative estimate of drug-likeness (QED) is 0.199. The molecule has 0 spiro atoms. The lowest BCUT2D eigenvalue weighted by Gasteiger charge is -2.29. The van der Waals surface area contributed by atoms with E-state index in [4.69, 9.17) is 0 Å². The molecule has 0 aromatic heterocycles. The maximum Gasteiger partial charge on any atom is 0.0525 e. The van der Waals surface area contributed by atoms with E-state index in [1.165, 1.54) is 101 Å². The molecule has 4 aromatic carbocycles. The highest BCUT2D eigenvalue weighted by molar-refractivity contribution is 5.83. The molecule has 3 aliphatic rings. The second-order valence-electron chi connectivity index (χ2n) is 16.5. The van der Waals surface area contributed by atoms with Crippen LogP contribution in [-0.2, 0) is 10.8 Å². The highest BCUT2D eigenvalue weighted by Crippen LogP contribution is 2.52. The van der Waals surface area contributed by atoms with Gasteiger partial charge in [0, 0.05) is 40.6 Å². The Morgan fingerprint density at radius 3 is 1.77 bits per heavy atom. The number of allylic oxidation sites excluding steroid dienone is 9. The molecule has 1 heterocycles. The Bertz CT molecular complexity index is 2210. The Hall–Kier alpha value is -4.82. The first-order valence-electron chi connectivity index (χ1n) is 19.1. The minimum Gasteiger partial charge on any atom is -0.347 e. The number of likely N-dealkylation sites (N-methyl/N-ethyl adjacent to an activating group) is 1. The van der Waals surface area contributed by atoms with Gasteiger partial charge in [-0.1, -0.05) is 88.4 Å². The van der Waals surface area contributed by atoms with E-state index in [0.717, 1.165) is 12.8 Å². The van der Waals surface area contributed by atoms with E-state index in [2.05, 4.69) is 190 Å². The van der Waals surface area contributed by atoms with Crippen LogP contribution in [-0.4, -0.2) is 7.05 Å². The zero-order chi connectivity index (χ0) is 37.3. The number of aryl methyl sites for hydroxylation is 2. The Balaban J connectivity index is 1.40. The third-order valence-electron chi connectivity index (χ3n) is 12.8. The lowest BCUT2D eigenvalue weighted by atomic mass is 9.77. The van der Waals surface area contributed by atoms with E-state index < -0.39 is 0 Å². The Morgan fingerprint density at radius 1 is 0.615 bits per heavy atom. The largest absolute Gasteiger partial charge is 0.347 e. The topological polar surface area (TPSA) is 6.48 Å². The van der Waals surface area contributed by atoms with Gasteiger partial charge in [0.05, 0.1) is 5.70 Å². The van der Waals surface area contributed by atoms with Crippen LogP contribution in [0.2, 0.25) is 0 Å². The second kappa shape index (κ2) is 13.0. The molecule has 0 saturated carbocycles. The van der Waals surface area contributed by atoms with Gasteiger partial charge in [0.2, 0.25) is 0 Å². The number of nitrogens with zero attached hydrogens (tertiary/aromatic N) is 2. The molecule has 2 nitrogen and oxygen atoms in total. The molecular weight excluding hydrogens is 629 g/mol. The van der Waals surface area contributed by atoms with Crippen LogP contribution in [0.25, 0.3) is 5.57 Å². The summed E-state index contributed by atoms with van der Waals surface area (Å²) in [4.78, 5) is 4.91. The lowest BCUT2D eigenvalue weighted by molar-refractivity contribution is 0.635. The molecule has 1 aliphatic heterocycles. The van der Waals surface area contributed by atoms with Crippen molar-refractivity contribution < 1.29 is 0 Å². The third-order valence-corrected chi connectivity index (χ3v) is 12.8. The number of hydrogen-bond donors (Lipinski definition) is 0. The lowest BCUT2D eigenvalue weighted by Crippen LogP contribution is -2.23. The average Bonchev–Trinajstić information content (AvgIpc) is 3.65. The standard InChI is InChI=1S/C50H56N2/c1-31-29-42-37(7)43(49(8,9)46(42)35(5)33(31)3)27-25-38-23-24-39(48(38)52(40-19-15-13-16-20-40)41-21-17-14-18-22-41)26-28-45-50(10,11)47-36(6)34(4)32(2)30-44(47)51(45)12/h13-22,25-30H,23-24H2,1-12H3/b27-25?,39-26+,45-28?. The highest BCUT2D eigenvalue weighted by Gasteiger charge is 2.41. The third kappa shape index (κ3) is 5.54. The van der Waals surface area contributed by atoms with Crippen LogP contribution >= 0.6 is 0 Å². The van der Waals surface area contributed by atoms with Crippen molar-refractivity contribution in [2.24, 2.45) is 0 Å². The van der Waals surface area contributed by atoms with Gasteiger partial charge in [-0.2, -0.15) is 0 Å². The molecule has 52 heavy (non-hydrogen) atoms. The molecule has 0 amide bonds. The molecule has 0 atom stereocenters. The minimum atomic E-state index is -0.102. The van der Waals surface area contributed by atoms with Gasteiger partial charge >= 0.3 is 0 Å². The summed E-state index contributed by atoms with van der Waals surface area (Å²) in [5.74, 6) is 0. The average molecular weight is 685 g/mol. The number of rotatable bonds is 6. The predicted molar refractivity (Wildman–Crippen MR) is 225 cm³/mol. The van der Waals surface area contributed by atoms with Crippen molar-refractivity contribution in [3.05, 3.63) is 175 Å². The van der Waals surface area contributed by atoms with Crippen LogP contribution in [0.15, 0.2) is 125 Å². The zero-order valence-electron chi connectivity index (χ0n) is 33.5. The smallest absolute Gasteiger partial charge is 0.0525 e. The van der Waals surface area contributed by atoms with Gasteiger partial charge in [-0.3, -0.25) is 0 Å². The monoisotopic (exact) mass is 684 g/mol. The number of fused-ring (bicyclic) bond motifs is 2. The van der Waals surface area contributed by atoms with E-state index in [9.17, 15) is 0 Å². The van der Waals surface area contributed by atoms with Crippen molar-refractivity contribution in [1.82, 2.24) is 0 Å². The van der Waals surface area contributed by atoms with Crippen molar-refractivity contribution in [2.45, 2.75) is 99.8 Å². The van der Waals surface area contributed by atoms with Crippen molar-refractivity contribution in [3.63, 3.8) is 0 Å². The van der Waals surface area contributed by atoms with Crippen molar-refractivity contribution in [1.29, 1.82) is 0 Å². The number of hydrogen-bond acceptors (Lipinski definition) is 2. The van der Waals surface area contributed by atoms with Gasteiger partial charge in [-0.05, 0) is 170 Å². The molecule has 7 rings (SSSR count). The van der Waals surface area contributed by atoms with Crippen LogP contribution in [0.5, 0.6) is 0 Å². The normalized spacial score (nSPS) is 19.1. The Morgan fingerprint density at radius 2 is 1.17 bits per heavy atom. The van der Waals surface area contributed by atoms with Crippen LogP contribution < -0.4 is 9.80 Å². The van der Waals surface area contributed by atoms with E-state index in [-0.39, 0.29) is 10.8 Å². The molecule has 0 radical (unpaired) electrons. The summed E-state index contributed by atoms with van der Waals surface area (Å²) in [6.45, 7) is 25.6. The SMILES string of the molecule is CC1=C(C=CC2=C(N(c3ccccc3)c3ccccc3)/C(=C/C=C3N(C)c4cc(C)c(C)c(C)c4C3(C)C)CC2)C(C)(C)c2c1cc(C)c(C)c2C. The molecule has 2 aliphatic carbocycles. The molecule has 0 unspecified atom stereocenters. The first-order valence-corrected chi connectivity index (χ1v) is 19.1. The van der Waals surface area contributed by atoms with E-state index in [1.807, 2.05) is 0 Å². The van der Waals surface area contributed by atoms with Crippen molar-refractivity contribution in [2.75, 3.05) is 16.8 Å². The van der Waals surface area contributed by atoms with Crippen LogP contribution in [0.3, 0.4) is 0 Å². The van der Waals surface area contributed by atoms with Gasteiger partial charge in [0.15, 0.2) is 0 Å². The minimum absolute atomic E-state index is 0.0676. The fourth-order valence-electron chi connectivity index (χ4n) is 9.63. The van der Waals surface area contributed by atoms with E-state index in [0.29, 0.717) is 0 Å². The predicted octanol–water partition coefficient (Wildman–Crippen LogP) is 13.3. The van der Waals surface area contributed by atoms with Gasteiger partial charge in [-0.25, -0.2) is 0 Å². The molecule has 0 saturated heterocycles. The van der Waals surface area contributed by atoms with E-state index >= 15 is 0 Å². The molecule has 266 valence electrons. The molecule has 2 heteroatoms. The molecule has 4 aromatic rings. The first kappa shape index (κ1) is 35.6. The summed E-state index contributed by atoms with van der Waals surface area (Å²) in [7, 11) is 2.24. The summed E-state index contributed by atoms with van der Waals surface area (Å²) in [5.41, 5.74) is 24.4. The Kier molecular flexibility index (Phi) is 8.89. The molecular formula is C50H56N2. The second-order valence-corrected chi connectivity index (χ2v) is 16.5.